The van der Waals surface area contributed by atoms with E-state index in [4.69, 9.17) is 9.84 Å². The molecule has 1 aliphatic rings. The lowest BCUT2D eigenvalue weighted by Crippen LogP contribution is -1.92. The van der Waals surface area contributed by atoms with Gasteiger partial charge in [0.05, 0.1) is 6.10 Å². The largest absolute Gasteiger partial charge is 0.396 e. The molecule has 0 aromatic heterocycles. The molecule has 0 spiro atoms. The second-order valence-electron chi connectivity index (χ2n) is 2.24. The summed E-state index contributed by atoms with van der Waals surface area (Å²) < 4.78 is 5.14. The molecule has 0 amide bonds. The van der Waals surface area contributed by atoms with Gasteiger partial charge in [0.15, 0.2) is 0 Å². The molecule has 1 N–H and O–H groups in total. The summed E-state index contributed by atoms with van der Waals surface area (Å²) in [5.74, 6) is 0. The van der Waals surface area contributed by atoms with Gasteiger partial charge in [-0.3, -0.25) is 0 Å². The summed E-state index contributed by atoms with van der Waals surface area (Å²) in [6.07, 6.45) is 4.25. The Morgan fingerprint density at radius 1 is 1.67 bits per heavy atom. The van der Waals surface area contributed by atoms with Gasteiger partial charge in [-0.05, 0) is 12.8 Å². The van der Waals surface area contributed by atoms with Crippen molar-refractivity contribution in [3.8, 4) is 0 Å². The average Bonchev–Trinajstić information content (AvgIpc) is 2.62. The van der Waals surface area contributed by atoms with Crippen LogP contribution in [0.4, 0.5) is 0 Å². The molecule has 1 aliphatic heterocycles. The molecule has 0 aromatic carbocycles. The Morgan fingerprint density at radius 2 is 2.44 bits per heavy atom. The maximum absolute atomic E-state index is 8.42. The SMILES string of the molecule is C=C[C@@H]1O[C@H]1CCCO. The van der Waals surface area contributed by atoms with Crippen molar-refractivity contribution >= 4 is 0 Å². The molecule has 0 aliphatic carbocycles. The molecule has 0 saturated carbocycles. The quantitative estimate of drug-likeness (QED) is 0.447. The van der Waals surface area contributed by atoms with Crippen LogP contribution < -0.4 is 0 Å². The summed E-state index contributed by atoms with van der Waals surface area (Å²) in [4.78, 5) is 0. The normalized spacial score (nSPS) is 32.1. The van der Waals surface area contributed by atoms with E-state index in [2.05, 4.69) is 6.58 Å². The van der Waals surface area contributed by atoms with Gasteiger partial charge in [-0.1, -0.05) is 6.08 Å². The third-order valence-corrected chi connectivity index (χ3v) is 1.50. The highest BCUT2D eigenvalue weighted by molar-refractivity contribution is 4.97. The van der Waals surface area contributed by atoms with Crippen molar-refractivity contribution in [3.63, 3.8) is 0 Å². The number of hydrogen-bond donors (Lipinski definition) is 1. The molecule has 2 nitrogen and oxygen atoms in total. The minimum Gasteiger partial charge on any atom is -0.396 e. The molecule has 1 saturated heterocycles. The van der Waals surface area contributed by atoms with E-state index in [0.29, 0.717) is 6.10 Å². The lowest BCUT2D eigenvalue weighted by Gasteiger charge is -1.87. The lowest BCUT2D eigenvalue weighted by atomic mass is 10.2. The molecular formula is C7H12O2. The highest BCUT2D eigenvalue weighted by Gasteiger charge is 2.34. The molecule has 1 rings (SSSR count). The van der Waals surface area contributed by atoms with Crippen molar-refractivity contribution < 1.29 is 9.84 Å². The van der Waals surface area contributed by atoms with E-state index in [0.717, 1.165) is 12.8 Å². The minimum atomic E-state index is 0.268. The van der Waals surface area contributed by atoms with Crippen LogP contribution in [0.2, 0.25) is 0 Å². The highest BCUT2D eigenvalue weighted by atomic mass is 16.6. The molecule has 9 heavy (non-hydrogen) atoms. The molecule has 52 valence electrons. The van der Waals surface area contributed by atoms with Gasteiger partial charge in [-0.15, -0.1) is 6.58 Å². The van der Waals surface area contributed by atoms with E-state index in [9.17, 15) is 0 Å². The number of rotatable bonds is 4. The molecule has 0 unspecified atom stereocenters. The van der Waals surface area contributed by atoms with Crippen LogP contribution in [0.1, 0.15) is 12.8 Å². The molecule has 0 radical (unpaired) electrons. The molecule has 2 atom stereocenters. The smallest absolute Gasteiger partial charge is 0.102 e. The van der Waals surface area contributed by atoms with Crippen LogP contribution in [0.15, 0.2) is 12.7 Å². The summed E-state index contributed by atoms with van der Waals surface area (Å²) in [6, 6.07) is 0. The molecule has 0 bridgehead atoms. The maximum Gasteiger partial charge on any atom is 0.102 e. The fourth-order valence-corrected chi connectivity index (χ4v) is 0.889. The predicted molar refractivity (Wildman–Crippen MR) is 35.2 cm³/mol. The molecule has 1 heterocycles. The summed E-state index contributed by atoms with van der Waals surface area (Å²) in [5, 5.41) is 8.42. The summed E-state index contributed by atoms with van der Waals surface area (Å²) >= 11 is 0. The maximum atomic E-state index is 8.42. The second-order valence-corrected chi connectivity index (χ2v) is 2.24. The van der Waals surface area contributed by atoms with E-state index in [1.54, 1.807) is 0 Å². The number of aliphatic hydroxyl groups is 1. The van der Waals surface area contributed by atoms with Crippen molar-refractivity contribution in [2.75, 3.05) is 6.61 Å². The van der Waals surface area contributed by atoms with Crippen molar-refractivity contribution in [3.05, 3.63) is 12.7 Å². The van der Waals surface area contributed by atoms with Crippen LogP contribution in [0.3, 0.4) is 0 Å². The van der Waals surface area contributed by atoms with Crippen LogP contribution in [0, 0.1) is 0 Å². The van der Waals surface area contributed by atoms with E-state index in [-0.39, 0.29) is 12.7 Å². The van der Waals surface area contributed by atoms with Crippen LogP contribution in [-0.2, 0) is 4.74 Å². The molecule has 0 aromatic rings. The molecular weight excluding hydrogens is 116 g/mol. The van der Waals surface area contributed by atoms with Gasteiger partial charge in [0.25, 0.3) is 0 Å². The van der Waals surface area contributed by atoms with Gasteiger partial charge in [0.2, 0.25) is 0 Å². The first kappa shape index (κ1) is 6.78. The second kappa shape index (κ2) is 2.99. The Labute approximate surface area is 55.1 Å². The van der Waals surface area contributed by atoms with Crippen molar-refractivity contribution in [2.45, 2.75) is 25.0 Å². The van der Waals surface area contributed by atoms with Gasteiger partial charge in [-0.25, -0.2) is 0 Å². The lowest BCUT2D eigenvalue weighted by molar-refractivity contribution is 0.273. The minimum absolute atomic E-state index is 0.268. The topological polar surface area (TPSA) is 32.8 Å². The Kier molecular flexibility index (Phi) is 2.25. The zero-order valence-electron chi connectivity index (χ0n) is 5.42. The highest BCUT2D eigenvalue weighted by Crippen LogP contribution is 2.26. The Morgan fingerprint density at radius 3 is 2.89 bits per heavy atom. The predicted octanol–water partition coefficient (Wildman–Crippen LogP) is 0.712. The summed E-state index contributed by atoms with van der Waals surface area (Å²) in [5.41, 5.74) is 0. The summed E-state index contributed by atoms with van der Waals surface area (Å²) in [6.45, 7) is 3.86. The van der Waals surface area contributed by atoms with Crippen molar-refractivity contribution in [2.24, 2.45) is 0 Å². The third kappa shape index (κ3) is 1.80. The van der Waals surface area contributed by atoms with Crippen molar-refractivity contribution in [1.82, 2.24) is 0 Å². The van der Waals surface area contributed by atoms with Gasteiger partial charge in [-0.2, -0.15) is 0 Å². The van der Waals surface area contributed by atoms with Crippen LogP contribution in [0.5, 0.6) is 0 Å². The van der Waals surface area contributed by atoms with Gasteiger partial charge >= 0.3 is 0 Å². The standard InChI is InChI=1S/C7H12O2/c1-2-6-7(9-6)4-3-5-8/h2,6-8H,1,3-5H2/t6-,7-/m0/s1. The van der Waals surface area contributed by atoms with E-state index < -0.39 is 0 Å². The fourth-order valence-electron chi connectivity index (χ4n) is 0.889. The molecule has 2 heteroatoms. The van der Waals surface area contributed by atoms with Gasteiger partial charge in [0, 0.05) is 6.61 Å². The number of hydrogen-bond acceptors (Lipinski definition) is 2. The van der Waals surface area contributed by atoms with E-state index in [1.165, 1.54) is 0 Å². The van der Waals surface area contributed by atoms with Gasteiger partial charge in [0.1, 0.15) is 6.10 Å². The Balaban J connectivity index is 1.98. The van der Waals surface area contributed by atoms with Crippen LogP contribution in [-0.4, -0.2) is 23.9 Å². The van der Waals surface area contributed by atoms with Gasteiger partial charge < -0.3 is 9.84 Å². The monoisotopic (exact) mass is 128 g/mol. The van der Waals surface area contributed by atoms with E-state index >= 15 is 0 Å². The first-order valence-corrected chi connectivity index (χ1v) is 3.27. The number of aliphatic hydroxyl groups excluding tert-OH is 1. The third-order valence-electron chi connectivity index (χ3n) is 1.50. The van der Waals surface area contributed by atoms with Crippen molar-refractivity contribution in [1.29, 1.82) is 0 Å². The Bertz CT molecular complexity index is 101. The zero-order chi connectivity index (χ0) is 6.69. The van der Waals surface area contributed by atoms with Crippen LogP contribution in [0.25, 0.3) is 0 Å². The number of epoxide rings is 1. The van der Waals surface area contributed by atoms with E-state index in [1.807, 2.05) is 6.08 Å². The molecule has 1 fully saturated rings. The summed E-state index contributed by atoms with van der Waals surface area (Å²) in [7, 11) is 0. The average molecular weight is 128 g/mol. The Hall–Kier alpha value is -0.340. The van der Waals surface area contributed by atoms with Crippen LogP contribution >= 0.6 is 0 Å². The fraction of sp³-hybridized carbons (Fsp3) is 0.714. The zero-order valence-corrected chi connectivity index (χ0v) is 5.42. The first-order chi connectivity index (χ1) is 4.38. The number of ether oxygens (including phenoxy) is 1. The first-order valence-electron chi connectivity index (χ1n) is 3.27.